The van der Waals surface area contributed by atoms with Gasteiger partial charge in [0.15, 0.2) is 0 Å². The Morgan fingerprint density at radius 1 is 1.15 bits per heavy atom. The monoisotopic (exact) mass is 335 g/mol. The van der Waals surface area contributed by atoms with Crippen molar-refractivity contribution in [1.82, 2.24) is 5.32 Å². The van der Waals surface area contributed by atoms with Crippen molar-refractivity contribution in [1.29, 1.82) is 0 Å². The first-order chi connectivity index (χ1) is 9.65. The highest BCUT2D eigenvalue weighted by molar-refractivity contribution is 9.10. The summed E-state index contributed by atoms with van der Waals surface area (Å²) < 4.78 is 14.3. The van der Waals surface area contributed by atoms with E-state index < -0.39 is 0 Å². The number of hydrogen-bond acceptors (Lipinski definition) is 1. The summed E-state index contributed by atoms with van der Waals surface area (Å²) in [7, 11) is 0. The van der Waals surface area contributed by atoms with Gasteiger partial charge < -0.3 is 5.32 Å². The normalized spacial score (nSPS) is 10.3. The summed E-state index contributed by atoms with van der Waals surface area (Å²) in [6.45, 7) is 0.207. The third-order valence-corrected chi connectivity index (χ3v) is 3.46. The molecule has 2 nitrogen and oxygen atoms in total. The molecular formula is C16H15BrFNO. The van der Waals surface area contributed by atoms with Gasteiger partial charge in [0.05, 0.1) is 0 Å². The molecule has 0 aromatic heterocycles. The fraction of sp³-hybridized carbons (Fsp3) is 0.188. The lowest BCUT2D eigenvalue weighted by Gasteiger charge is -2.07. The van der Waals surface area contributed by atoms with Crippen molar-refractivity contribution in [2.75, 3.05) is 0 Å². The van der Waals surface area contributed by atoms with E-state index in [-0.39, 0.29) is 18.3 Å². The van der Waals surface area contributed by atoms with Crippen molar-refractivity contribution < 1.29 is 9.18 Å². The zero-order valence-corrected chi connectivity index (χ0v) is 12.5. The summed E-state index contributed by atoms with van der Waals surface area (Å²) in [6.07, 6.45) is 1.09. The Labute approximate surface area is 126 Å². The molecule has 0 fully saturated rings. The molecule has 0 aliphatic carbocycles. The van der Waals surface area contributed by atoms with Gasteiger partial charge in [0.1, 0.15) is 5.82 Å². The highest BCUT2D eigenvalue weighted by Crippen LogP contribution is 2.15. The maximum Gasteiger partial charge on any atom is 0.220 e. The molecule has 2 rings (SSSR count). The number of aryl methyl sites for hydroxylation is 1. The van der Waals surface area contributed by atoms with E-state index in [2.05, 4.69) is 21.2 Å². The zero-order valence-electron chi connectivity index (χ0n) is 10.9. The number of amides is 1. The van der Waals surface area contributed by atoms with Gasteiger partial charge in [-0.2, -0.15) is 0 Å². The number of benzene rings is 2. The first kappa shape index (κ1) is 14.7. The van der Waals surface area contributed by atoms with Crippen LogP contribution in [0.3, 0.4) is 0 Å². The quantitative estimate of drug-likeness (QED) is 0.883. The fourth-order valence-corrected chi connectivity index (χ4v) is 2.27. The maximum absolute atomic E-state index is 13.5. The molecule has 0 heterocycles. The van der Waals surface area contributed by atoms with Gasteiger partial charge in [-0.15, -0.1) is 0 Å². The van der Waals surface area contributed by atoms with Crippen molar-refractivity contribution in [2.45, 2.75) is 19.4 Å². The largest absolute Gasteiger partial charge is 0.352 e. The summed E-state index contributed by atoms with van der Waals surface area (Å²) >= 11 is 3.29. The van der Waals surface area contributed by atoms with Crippen molar-refractivity contribution in [2.24, 2.45) is 0 Å². The van der Waals surface area contributed by atoms with Gasteiger partial charge in [0.25, 0.3) is 0 Å². The number of carbonyl (C=O) groups excluding carboxylic acids is 1. The van der Waals surface area contributed by atoms with E-state index >= 15 is 0 Å². The first-order valence-electron chi connectivity index (χ1n) is 6.40. The van der Waals surface area contributed by atoms with E-state index in [0.29, 0.717) is 18.4 Å². The van der Waals surface area contributed by atoms with E-state index in [4.69, 9.17) is 0 Å². The summed E-state index contributed by atoms with van der Waals surface area (Å²) in [5.74, 6) is -0.384. The molecule has 20 heavy (non-hydrogen) atoms. The van der Waals surface area contributed by atoms with Gasteiger partial charge in [-0.25, -0.2) is 4.39 Å². The molecule has 0 bridgehead atoms. The molecule has 2 aromatic carbocycles. The van der Waals surface area contributed by atoms with Crippen LogP contribution in [0.15, 0.2) is 53.0 Å². The van der Waals surface area contributed by atoms with Crippen LogP contribution in [0, 0.1) is 5.82 Å². The molecule has 0 radical (unpaired) electrons. The minimum Gasteiger partial charge on any atom is -0.352 e. The van der Waals surface area contributed by atoms with Gasteiger partial charge in [-0.05, 0) is 30.2 Å². The number of nitrogens with one attached hydrogen (secondary N) is 1. The Morgan fingerprint density at radius 2 is 1.90 bits per heavy atom. The second-order valence-electron chi connectivity index (χ2n) is 4.50. The average Bonchev–Trinajstić information content (AvgIpc) is 2.47. The van der Waals surface area contributed by atoms with Crippen LogP contribution in [0.25, 0.3) is 0 Å². The Bertz CT molecular complexity index is 586. The van der Waals surface area contributed by atoms with Crippen LogP contribution in [0.2, 0.25) is 0 Å². The number of hydrogen-bond donors (Lipinski definition) is 1. The first-order valence-corrected chi connectivity index (χ1v) is 7.19. The standard InChI is InChI=1S/C16H15BrFNO/c17-14-7-8-15(18)13(10-14)11-19-16(20)9-6-12-4-2-1-3-5-12/h1-5,7-8,10H,6,9,11H2,(H,19,20). The summed E-state index contributed by atoms with van der Waals surface area (Å²) in [5, 5.41) is 2.74. The van der Waals surface area contributed by atoms with Gasteiger partial charge in [-0.3, -0.25) is 4.79 Å². The van der Waals surface area contributed by atoms with Gasteiger partial charge in [-0.1, -0.05) is 46.3 Å². The zero-order chi connectivity index (χ0) is 14.4. The van der Waals surface area contributed by atoms with Crippen molar-refractivity contribution in [3.63, 3.8) is 0 Å². The molecule has 104 valence electrons. The van der Waals surface area contributed by atoms with Crippen LogP contribution in [-0.2, 0) is 17.8 Å². The van der Waals surface area contributed by atoms with E-state index in [1.165, 1.54) is 6.07 Å². The highest BCUT2D eigenvalue weighted by atomic mass is 79.9. The molecule has 0 saturated heterocycles. The van der Waals surface area contributed by atoms with Crippen molar-refractivity contribution in [3.05, 3.63) is 69.9 Å². The summed E-state index contributed by atoms with van der Waals surface area (Å²) in [4.78, 5) is 11.7. The van der Waals surface area contributed by atoms with Crippen LogP contribution >= 0.6 is 15.9 Å². The third kappa shape index (κ3) is 4.46. The lowest BCUT2D eigenvalue weighted by molar-refractivity contribution is -0.121. The van der Waals surface area contributed by atoms with Crippen molar-refractivity contribution in [3.8, 4) is 0 Å². The lowest BCUT2D eigenvalue weighted by atomic mass is 10.1. The molecular weight excluding hydrogens is 321 g/mol. The summed E-state index contributed by atoms with van der Waals surface area (Å²) in [6, 6.07) is 14.5. The van der Waals surface area contributed by atoms with Crippen molar-refractivity contribution >= 4 is 21.8 Å². The van der Waals surface area contributed by atoms with Crippen LogP contribution < -0.4 is 5.32 Å². The SMILES string of the molecule is O=C(CCc1ccccc1)NCc1cc(Br)ccc1F. The molecule has 0 aliphatic rings. The number of rotatable bonds is 5. The minimum absolute atomic E-state index is 0.0757. The molecule has 0 unspecified atom stereocenters. The molecule has 1 N–H and O–H groups in total. The Morgan fingerprint density at radius 3 is 2.65 bits per heavy atom. The van der Waals surface area contributed by atoms with Crippen LogP contribution in [0.5, 0.6) is 0 Å². The van der Waals surface area contributed by atoms with Crippen LogP contribution in [0.1, 0.15) is 17.5 Å². The van der Waals surface area contributed by atoms with Crippen LogP contribution in [0.4, 0.5) is 4.39 Å². The fourth-order valence-electron chi connectivity index (χ4n) is 1.86. The molecule has 2 aromatic rings. The molecule has 0 aliphatic heterocycles. The van der Waals surface area contributed by atoms with E-state index in [1.807, 2.05) is 30.3 Å². The van der Waals surface area contributed by atoms with E-state index in [9.17, 15) is 9.18 Å². The van der Waals surface area contributed by atoms with E-state index in [1.54, 1.807) is 12.1 Å². The van der Waals surface area contributed by atoms with Gasteiger partial charge >= 0.3 is 0 Å². The molecule has 0 saturated carbocycles. The Kier molecular flexibility index (Phi) is 5.30. The lowest BCUT2D eigenvalue weighted by Crippen LogP contribution is -2.23. The topological polar surface area (TPSA) is 29.1 Å². The van der Waals surface area contributed by atoms with Crippen LogP contribution in [-0.4, -0.2) is 5.91 Å². The van der Waals surface area contributed by atoms with Gasteiger partial charge in [0, 0.05) is 23.0 Å². The maximum atomic E-state index is 13.5. The number of halogens is 2. The molecule has 0 spiro atoms. The predicted octanol–water partition coefficient (Wildman–Crippen LogP) is 3.84. The highest BCUT2D eigenvalue weighted by Gasteiger charge is 2.06. The smallest absolute Gasteiger partial charge is 0.220 e. The number of carbonyl (C=O) groups is 1. The second-order valence-corrected chi connectivity index (χ2v) is 5.41. The minimum atomic E-state index is -0.309. The predicted molar refractivity (Wildman–Crippen MR) is 80.7 cm³/mol. The average molecular weight is 336 g/mol. The summed E-state index contributed by atoms with van der Waals surface area (Å²) in [5.41, 5.74) is 1.60. The third-order valence-electron chi connectivity index (χ3n) is 2.97. The van der Waals surface area contributed by atoms with E-state index in [0.717, 1.165) is 10.0 Å². The molecule has 1 amide bonds. The molecule has 4 heteroatoms. The molecule has 0 atom stereocenters. The Balaban J connectivity index is 1.82. The second kappa shape index (κ2) is 7.20. The Hall–Kier alpha value is -1.68. The van der Waals surface area contributed by atoms with Gasteiger partial charge in [0.2, 0.25) is 5.91 Å².